The van der Waals surface area contributed by atoms with Crippen LogP contribution >= 0.6 is 11.6 Å². The normalized spacial score (nSPS) is 15.0. The van der Waals surface area contributed by atoms with Gasteiger partial charge >= 0.3 is 0 Å². The van der Waals surface area contributed by atoms with Crippen LogP contribution < -0.4 is 4.90 Å². The molecule has 2 amide bonds. The molecule has 0 atom stereocenters. The molecule has 0 radical (unpaired) electrons. The number of fused-ring (bicyclic) bond motifs is 2. The minimum atomic E-state index is 0.0756. The fourth-order valence-corrected chi connectivity index (χ4v) is 6.34. The van der Waals surface area contributed by atoms with Crippen molar-refractivity contribution in [1.82, 2.24) is 19.4 Å². The highest BCUT2D eigenvalue weighted by Gasteiger charge is 2.24. The molecule has 0 saturated carbocycles. The fourth-order valence-electron chi connectivity index (χ4n) is 6.05. The highest BCUT2D eigenvalue weighted by Crippen LogP contribution is 2.26. The van der Waals surface area contributed by atoms with Crippen LogP contribution in [0.4, 0.5) is 5.69 Å². The maximum Gasteiger partial charge on any atom is 0.231 e. The van der Waals surface area contributed by atoms with Gasteiger partial charge in [-0.1, -0.05) is 80.0 Å². The third-order valence-electron chi connectivity index (χ3n) is 8.16. The third kappa shape index (κ3) is 7.64. The molecule has 0 unspecified atom stereocenters. The maximum absolute atomic E-state index is 13.9. The first-order valence-electron chi connectivity index (χ1n) is 15.3. The number of hydrogen-bond acceptors (Lipinski definition) is 4. The summed E-state index contributed by atoms with van der Waals surface area (Å²) in [4.78, 5) is 38.7. The molecule has 1 aromatic heterocycles. The molecule has 2 heterocycles. The van der Waals surface area contributed by atoms with Crippen LogP contribution in [0.15, 0.2) is 72.8 Å². The number of carbonyl (C=O) groups excluding carboxylic acids is 2. The summed E-state index contributed by atoms with van der Waals surface area (Å²) < 4.78 is 1.99. The highest BCUT2D eigenvalue weighted by atomic mass is 35.5. The third-order valence-corrected chi connectivity index (χ3v) is 8.47. The van der Waals surface area contributed by atoms with Crippen LogP contribution in [0, 0.1) is 5.92 Å². The first kappa shape index (κ1) is 30.8. The Hall–Kier alpha value is -3.68. The lowest BCUT2D eigenvalue weighted by Gasteiger charge is -2.29. The molecule has 226 valence electrons. The average Bonchev–Trinajstić information content (AvgIpc) is 3.30. The second kappa shape index (κ2) is 14.2. The van der Waals surface area contributed by atoms with Crippen LogP contribution in [0.25, 0.3) is 11.0 Å². The van der Waals surface area contributed by atoms with Crippen LogP contribution in [0.1, 0.15) is 43.6 Å². The summed E-state index contributed by atoms with van der Waals surface area (Å²) in [6.07, 6.45) is 2.08. The van der Waals surface area contributed by atoms with E-state index in [0.717, 1.165) is 59.7 Å². The molecule has 43 heavy (non-hydrogen) atoms. The van der Waals surface area contributed by atoms with Gasteiger partial charge in [0.2, 0.25) is 11.8 Å². The molecule has 0 N–H and O–H groups in total. The second-order valence-electron chi connectivity index (χ2n) is 11.9. The molecule has 4 aromatic rings. The van der Waals surface area contributed by atoms with Gasteiger partial charge in [0.1, 0.15) is 5.82 Å². The molecule has 7 nitrogen and oxygen atoms in total. The monoisotopic (exact) mass is 599 g/mol. The van der Waals surface area contributed by atoms with Crippen LogP contribution in [-0.2, 0) is 36.0 Å². The minimum absolute atomic E-state index is 0.0756. The Balaban J connectivity index is 1.40. The van der Waals surface area contributed by atoms with Crippen molar-refractivity contribution in [2.24, 2.45) is 13.0 Å². The van der Waals surface area contributed by atoms with Gasteiger partial charge in [-0.05, 0) is 48.2 Å². The van der Waals surface area contributed by atoms with Crippen molar-refractivity contribution >= 4 is 40.1 Å². The Bertz CT molecular complexity index is 1550. The number of amides is 2. The van der Waals surface area contributed by atoms with E-state index in [1.165, 1.54) is 0 Å². The van der Waals surface area contributed by atoms with Gasteiger partial charge in [0, 0.05) is 58.3 Å². The van der Waals surface area contributed by atoms with Crippen molar-refractivity contribution in [1.29, 1.82) is 0 Å². The Labute approximate surface area is 260 Å². The standard InChI is InChI=1S/C35H42ClN5O2/c1-26(2)24-39-19-10-20-41(34(43)23-27-11-5-4-6-12-27)31-16-8-7-13-28(31)25-40(22-21-39)33(42)18-17-32-37-30-15-9-14-29(36)35(30)38(32)3/h4-9,11-16,26H,10,17-25H2,1-3H3. The molecular formula is C35H42ClN5O2. The summed E-state index contributed by atoms with van der Waals surface area (Å²) in [7, 11) is 1.95. The molecule has 1 aliphatic rings. The van der Waals surface area contributed by atoms with E-state index < -0.39 is 0 Å². The van der Waals surface area contributed by atoms with E-state index in [-0.39, 0.29) is 11.8 Å². The summed E-state index contributed by atoms with van der Waals surface area (Å²) in [5.74, 6) is 1.51. The summed E-state index contributed by atoms with van der Waals surface area (Å²) in [6.45, 7) is 8.80. The van der Waals surface area contributed by atoms with Crippen molar-refractivity contribution in [2.45, 2.75) is 46.1 Å². The van der Waals surface area contributed by atoms with Crippen LogP contribution in [0.3, 0.4) is 0 Å². The Kier molecular flexibility index (Phi) is 10.2. The van der Waals surface area contributed by atoms with Gasteiger partial charge in [0.05, 0.1) is 22.5 Å². The van der Waals surface area contributed by atoms with E-state index in [2.05, 4.69) is 24.8 Å². The van der Waals surface area contributed by atoms with E-state index >= 15 is 0 Å². The van der Waals surface area contributed by atoms with Gasteiger partial charge in [-0.25, -0.2) is 4.98 Å². The van der Waals surface area contributed by atoms with Gasteiger partial charge in [0.15, 0.2) is 0 Å². The molecule has 1 aliphatic heterocycles. The van der Waals surface area contributed by atoms with Crippen molar-refractivity contribution in [3.63, 3.8) is 0 Å². The first-order valence-corrected chi connectivity index (χ1v) is 15.7. The lowest BCUT2D eigenvalue weighted by molar-refractivity contribution is -0.132. The van der Waals surface area contributed by atoms with Crippen LogP contribution in [-0.4, -0.2) is 63.9 Å². The zero-order valence-corrected chi connectivity index (χ0v) is 26.3. The van der Waals surface area contributed by atoms with Crippen molar-refractivity contribution in [2.75, 3.05) is 37.6 Å². The highest BCUT2D eigenvalue weighted by molar-refractivity contribution is 6.35. The number of halogens is 1. The molecular weight excluding hydrogens is 558 g/mol. The smallest absolute Gasteiger partial charge is 0.231 e. The zero-order chi connectivity index (χ0) is 30.3. The van der Waals surface area contributed by atoms with Crippen molar-refractivity contribution in [3.05, 3.63) is 94.8 Å². The lowest BCUT2D eigenvalue weighted by atomic mass is 10.1. The molecule has 3 aromatic carbocycles. The van der Waals surface area contributed by atoms with E-state index in [1.807, 2.05) is 88.1 Å². The van der Waals surface area contributed by atoms with Crippen molar-refractivity contribution in [3.8, 4) is 0 Å². The Morgan fingerprint density at radius 1 is 0.884 bits per heavy atom. The predicted octanol–water partition coefficient (Wildman–Crippen LogP) is 6.13. The molecule has 0 spiro atoms. The molecule has 5 rings (SSSR count). The zero-order valence-electron chi connectivity index (χ0n) is 25.5. The number of hydrogen-bond donors (Lipinski definition) is 0. The Morgan fingerprint density at radius 2 is 1.65 bits per heavy atom. The van der Waals surface area contributed by atoms with E-state index in [9.17, 15) is 9.59 Å². The van der Waals surface area contributed by atoms with Gasteiger partial charge in [-0.2, -0.15) is 0 Å². The first-order chi connectivity index (χ1) is 20.8. The van der Waals surface area contributed by atoms with Gasteiger partial charge in [-0.15, -0.1) is 0 Å². The number of benzene rings is 3. The van der Waals surface area contributed by atoms with E-state index in [1.54, 1.807) is 0 Å². The van der Waals surface area contributed by atoms with E-state index in [0.29, 0.717) is 49.8 Å². The molecule has 0 bridgehead atoms. The second-order valence-corrected chi connectivity index (χ2v) is 12.3. The molecule has 8 heteroatoms. The SMILES string of the molecule is CC(C)CN1CCCN(C(=O)Cc2ccccc2)c2ccccc2CN(C(=O)CCc2nc3cccc(Cl)c3n2C)CC1. The average molecular weight is 600 g/mol. The predicted molar refractivity (Wildman–Crippen MR) is 174 cm³/mol. The minimum Gasteiger partial charge on any atom is -0.337 e. The number of imidazole rings is 1. The summed E-state index contributed by atoms with van der Waals surface area (Å²) in [5, 5.41) is 0.658. The summed E-state index contributed by atoms with van der Waals surface area (Å²) in [5.41, 5.74) is 4.61. The largest absolute Gasteiger partial charge is 0.337 e. The van der Waals surface area contributed by atoms with E-state index in [4.69, 9.17) is 16.6 Å². The number of anilines is 1. The number of carbonyl (C=O) groups is 2. The fraction of sp³-hybridized carbons (Fsp3) is 0.400. The van der Waals surface area contributed by atoms with Gasteiger partial charge in [0.25, 0.3) is 0 Å². The number of para-hydroxylation sites is 2. The number of aryl methyl sites for hydroxylation is 2. The topological polar surface area (TPSA) is 61.7 Å². The van der Waals surface area contributed by atoms with Crippen LogP contribution in [0.5, 0.6) is 0 Å². The van der Waals surface area contributed by atoms with Gasteiger partial charge < -0.3 is 19.3 Å². The maximum atomic E-state index is 13.9. The quantitative estimate of drug-likeness (QED) is 0.257. The number of nitrogens with zero attached hydrogens (tertiary/aromatic N) is 5. The number of aromatic nitrogens is 2. The Morgan fingerprint density at radius 3 is 2.42 bits per heavy atom. The van der Waals surface area contributed by atoms with Gasteiger partial charge in [-0.3, -0.25) is 9.59 Å². The van der Waals surface area contributed by atoms with Crippen LogP contribution in [0.2, 0.25) is 5.02 Å². The molecule has 0 aliphatic carbocycles. The molecule has 0 saturated heterocycles. The number of rotatable bonds is 7. The lowest BCUT2D eigenvalue weighted by Crippen LogP contribution is -2.40. The summed E-state index contributed by atoms with van der Waals surface area (Å²) in [6, 6.07) is 23.7. The molecule has 0 fully saturated rings. The van der Waals surface area contributed by atoms with Crippen molar-refractivity contribution < 1.29 is 9.59 Å². The summed E-state index contributed by atoms with van der Waals surface area (Å²) >= 11 is 6.44.